The van der Waals surface area contributed by atoms with Gasteiger partial charge in [0.1, 0.15) is 5.82 Å². The second kappa shape index (κ2) is 5.70. The van der Waals surface area contributed by atoms with E-state index in [9.17, 15) is 9.50 Å². The molecule has 0 saturated carbocycles. The smallest absolute Gasteiger partial charge is 0.123 e. The Morgan fingerprint density at radius 3 is 2.89 bits per heavy atom. The zero-order valence-corrected chi connectivity index (χ0v) is 11.2. The van der Waals surface area contributed by atoms with Crippen LogP contribution in [0.3, 0.4) is 0 Å². The summed E-state index contributed by atoms with van der Waals surface area (Å²) < 4.78 is 13.3. The van der Waals surface area contributed by atoms with Gasteiger partial charge < -0.3 is 10.0 Å². The molecule has 1 heterocycles. The molecule has 100 valence electrons. The number of aliphatic hydroxyl groups is 1. The number of hydrogen-bond donors (Lipinski definition) is 1. The summed E-state index contributed by atoms with van der Waals surface area (Å²) in [5.74, 6) is -0.278. The van der Waals surface area contributed by atoms with Crippen molar-refractivity contribution in [3.8, 4) is 0 Å². The maximum absolute atomic E-state index is 13.3. The van der Waals surface area contributed by atoms with Crippen molar-refractivity contribution < 1.29 is 9.50 Å². The van der Waals surface area contributed by atoms with Gasteiger partial charge in [-0.05, 0) is 50.8 Å². The highest BCUT2D eigenvalue weighted by molar-refractivity contribution is 5.55. The Labute approximate surface area is 108 Å². The molecule has 1 aromatic rings. The number of aliphatic hydroxyl groups excluding tert-OH is 1. The van der Waals surface area contributed by atoms with Gasteiger partial charge in [0.05, 0.1) is 6.10 Å². The monoisotopic (exact) mass is 251 g/mol. The fourth-order valence-electron chi connectivity index (χ4n) is 2.86. The SMILES string of the molecule is CCC1CCCCN1c1ccc(F)cc1[C@H](C)O. The molecule has 1 aliphatic rings. The van der Waals surface area contributed by atoms with Crippen LogP contribution in [0.4, 0.5) is 10.1 Å². The highest BCUT2D eigenvalue weighted by Gasteiger charge is 2.24. The molecule has 1 unspecified atom stereocenters. The van der Waals surface area contributed by atoms with E-state index in [-0.39, 0.29) is 5.82 Å². The lowest BCUT2D eigenvalue weighted by Crippen LogP contribution is -2.39. The van der Waals surface area contributed by atoms with E-state index < -0.39 is 6.10 Å². The average molecular weight is 251 g/mol. The molecule has 2 rings (SSSR count). The maximum Gasteiger partial charge on any atom is 0.123 e. The first kappa shape index (κ1) is 13.3. The van der Waals surface area contributed by atoms with Crippen molar-refractivity contribution >= 4 is 5.69 Å². The summed E-state index contributed by atoms with van der Waals surface area (Å²) in [6, 6.07) is 5.27. The molecule has 0 aliphatic carbocycles. The first-order valence-electron chi connectivity index (χ1n) is 6.87. The first-order chi connectivity index (χ1) is 8.63. The van der Waals surface area contributed by atoms with E-state index >= 15 is 0 Å². The lowest BCUT2D eigenvalue weighted by Gasteiger charge is -2.38. The van der Waals surface area contributed by atoms with Crippen LogP contribution in [0.15, 0.2) is 18.2 Å². The molecule has 0 radical (unpaired) electrons. The van der Waals surface area contributed by atoms with E-state index in [4.69, 9.17) is 0 Å². The van der Waals surface area contributed by atoms with E-state index in [1.54, 1.807) is 6.92 Å². The lowest BCUT2D eigenvalue weighted by molar-refractivity contribution is 0.198. The minimum absolute atomic E-state index is 0.278. The number of hydrogen-bond acceptors (Lipinski definition) is 2. The summed E-state index contributed by atoms with van der Waals surface area (Å²) in [7, 11) is 0. The van der Waals surface area contributed by atoms with Gasteiger partial charge in [0.15, 0.2) is 0 Å². The fourth-order valence-corrected chi connectivity index (χ4v) is 2.86. The standard InChI is InChI=1S/C15H22FNO/c1-3-13-6-4-5-9-17(13)15-8-7-12(16)10-14(15)11(2)18/h7-8,10-11,13,18H,3-6,9H2,1-2H3/t11-,13?/m0/s1. The molecule has 1 aromatic carbocycles. The Morgan fingerprint density at radius 2 is 2.22 bits per heavy atom. The maximum atomic E-state index is 13.3. The second-order valence-corrected chi connectivity index (χ2v) is 5.13. The fraction of sp³-hybridized carbons (Fsp3) is 0.600. The number of nitrogens with zero attached hydrogens (tertiary/aromatic N) is 1. The van der Waals surface area contributed by atoms with Crippen molar-refractivity contribution in [1.82, 2.24) is 0 Å². The van der Waals surface area contributed by atoms with Crippen LogP contribution in [0.1, 0.15) is 51.2 Å². The predicted octanol–water partition coefficient (Wildman–Crippen LogP) is 3.65. The Morgan fingerprint density at radius 1 is 1.44 bits per heavy atom. The number of piperidine rings is 1. The summed E-state index contributed by atoms with van der Waals surface area (Å²) >= 11 is 0. The highest BCUT2D eigenvalue weighted by atomic mass is 19.1. The van der Waals surface area contributed by atoms with Crippen LogP contribution in [0.25, 0.3) is 0 Å². The Balaban J connectivity index is 2.36. The molecular weight excluding hydrogens is 229 g/mol. The number of halogens is 1. The third-order valence-corrected chi connectivity index (χ3v) is 3.85. The molecule has 2 nitrogen and oxygen atoms in total. The zero-order valence-electron chi connectivity index (χ0n) is 11.2. The van der Waals surface area contributed by atoms with Crippen LogP contribution in [0.5, 0.6) is 0 Å². The molecule has 1 aliphatic heterocycles. The molecule has 1 saturated heterocycles. The van der Waals surface area contributed by atoms with Gasteiger partial charge >= 0.3 is 0 Å². The van der Waals surface area contributed by atoms with Gasteiger partial charge in [-0.2, -0.15) is 0 Å². The highest BCUT2D eigenvalue weighted by Crippen LogP contribution is 2.32. The van der Waals surface area contributed by atoms with Crippen molar-refractivity contribution in [1.29, 1.82) is 0 Å². The quantitative estimate of drug-likeness (QED) is 0.886. The van der Waals surface area contributed by atoms with E-state index in [0.717, 1.165) is 18.7 Å². The summed E-state index contributed by atoms with van der Waals surface area (Å²) in [5.41, 5.74) is 1.70. The topological polar surface area (TPSA) is 23.5 Å². The van der Waals surface area contributed by atoms with E-state index in [0.29, 0.717) is 11.6 Å². The molecule has 0 spiro atoms. The van der Waals surface area contributed by atoms with E-state index in [2.05, 4.69) is 11.8 Å². The second-order valence-electron chi connectivity index (χ2n) is 5.13. The van der Waals surface area contributed by atoms with Crippen LogP contribution in [-0.2, 0) is 0 Å². The zero-order chi connectivity index (χ0) is 13.1. The molecule has 18 heavy (non-hydrogen) atoms. The van der Waals surface area contributed by atoms with E-state index in [1.165, 1.54) is 31.4 Å². The number of anilines is 1. The molecule has 0 bridgehead atoms. The summed E-state index contributed by atoms with van der Waals surface area (Å²) in [6.07, 6.45) is 4.09. The summed E-state index contributed by atoms with van der Waals surface area (Å²) in [6.45, 7) is 4.89. The average Bonchev–Trinajstić information content (AvgIpc) is 2.38. The molecule has 0 aromatic heterocycles. The van der Waals surface area contributed by atoms with Crippen LogP contribution in [0.2, 0.25) is 0 Å². The molecular formula is C15H22FNO. The summed E-state index contributed by atoms with van der Waals surface area (Å²) in [4.78, 5) is 2.34. The number of benzene rings is 1. The van der Waals surface area contributed by atoms with E-state index in [1.807, 2.05) is 6.07 Å². The molecule has 3 heteroatoms. The molecule has 0 amide bonds. The van der Waals surface area contributed by atoms with Crippen LogP contribution >= 0.6 is 0 Å². The largest absolute Gasteiger partial charge is 0.389 e. The van der Waals surface area contributed by atoms with Crippen molar-refractivity contribution in [2.75, 3.05) is 11.4 Å². The van der Waals surface area contributed by atoms with Crippen molar-refractivity contribution in [3.63, 3.8) is 0 Å². The van der Waals surface area contributed by atoms with Gasteiger partial charge in [0.2, 0.25) is 0 Å². The predicted molar refractivity (Wildman–Crippen MR) is 72.3 cm³/mol. The Hall–Kier alpha value is -1.09. The van der Waals surface area contributed by atoms with Crippen molar-refractivity contribution in [2.24, 2.45) is 0 Å². The minimum Gasteiger partial charge on any atom is -0.389 e. The normalized spacial score (nSPS) is 22.0. The number of rotatable bonds is 3. The lowest BCUT2D eigenvalue weighted by atomic mass is 9.97. The van der Waals surface area contributed by atoms with Gasteiger partial charge in [-0.25, -0.2) is 4.39 Å². The third kappa shape index (κ3) is 2.66. The molecule has 2 atom stereocenters. The van der Waals surface area contributed by atoms with Crippen LogP contribution in [0, 0.1) is 5.82 Å². The third-order valence-electron chi connectivity index (χ3n) is 3.85. The molecule has 1 fully saturated rings. The minimum atomic E-state index is -0.630. The van der Waals surface area contributed by atoms with Crippen LogP contribution in [-0.4, -0.2) is 17.7 Å². The van der Waals surface area contributed by atoms with Crippen molar-refractivity contribution in [3.05, 3.63) is 29.6 Å². The Kier molecular flexibility index (Phi) is 4.23. The summed E-state index contributed by atoms with van der Waals surface area (Å²) in [5, 5.41) is 9.83. The van der Waals surface area contributed by atoms with Gasteiger partial charge in [-0.3, -0.25) is 0 Å². The Bertz CT molecular complexity index is 405. The first-order valence-corrected chi connectivity index (χ1v) is 6.87. The van der Waals surface area contributed by atoms with Crippen LogP contribution < -0.4 is 4.90 Å². The van der Waals surface area contributed by atoms with Gasteiger partial charge in [0, 0.05) is 23.8 Å². The van der Waals surface area contributed by atoms with Crippen molar-refractivity contribution in [2.45, 2.75) is 51.7 Å². The van der Waals surface area contributed by atoms with Gasteiger partial charge in [0.25, 0.3) is 0 Å². The van der Waals surface area contributed by atoms with Gasteiger partial charge in [-0.15, -0.1) is 0 Å². The van der Waals surface area contributed by atoms with Gasteiger partial charge in [-0.1, -0.05) is 6.92 Å². The molecule has 1 N–H and O–H groups in total.